The number of amides is 1. The first-order valence-corrected chi connectivity index (χ1v) is 9.55. The number of aliphatic hydroxyl groups excluding tert-OH is 1. The molecule has 2 aliphatic rings. The average molecular weight is 345 g/mol. The summed E-state index contributed by atoms with van der Waals surface area (Å²) in [6.07, 6.45) is 3.88. The van der Waals surface area contributed by atoms with Gasteiger partial charge in [-0.05, 0) is 51.0 Å². The lowest BCUT2D eigenvalue weighted by atomic mass is 9.98. The minimum absolute atomic E-state index is 0.0248. The minimum atomic E-state index is -0.414. The van der Waals surface area contributed by atoms with E-state index in [9.17, 15) is 9.90 Å². The number of aliphatic hydroxyl groups is 1. The Morgan fingerprint density at radius 2 is 1.72 bits per heavy atom. The molecule has 2 N–H and O–H groups in total. The monoisotopic (exact) mass is 345 g/mol. The van der Waals surface area contributed by atoms with Crippen LogP contribution in [0.5, 0.6) is 0 Å². The van der Waals surface area contributed by atoms with Crippen LogP contribution >= 0.6 is 0 Å². The molecular formula is C20H31N3O2. The molecule has 1 heterocycles. The van der Waals surface area contributed by atoms with E-state index < -0.39 is 5.54 Å². The maximum atomic E-state index is 12.5. The number of piperazine rings is 1. The van der Waals surface area contributed by atoms with E-state index in [2.05, 4.69) is 29.0 Å². The van der Waals surface area contributed by atoms with E-state index in [1.165, 1.54) is 5.69 Å². The molecule has 25 heavy (non-hydrogen) atoms. The molecule has 0 radical (unpaired) electrons. The van der Waals surface area contributed by atoms with Crippen LogP contribution in [0.2, 0.25) is 0 Å². The lowest BCUT2D eigenvalue weighted by molar-refractivity contribution is 0.0838. The maximum Gasteiger partial charge on any atom is 0.251 e. The smallest absolute Gasteiger partial charge is 0.251 e. The first-order valence-electron chi connectivity index (χ1n) is 9.55. The predicted octanol–water partition coefficient (Wildman–Crippen LogP) is 2.25. The number of nitrogens with one attached hydrogen (secondary N) is 1. The second-order valence-electron chi connectivity index (χ2n) is 7.76. The molecule has 5 nitrogen and oxygen atoms in total. The zero-order valence-electron chi connectivity index (χ0n) is 15.5. The molecule has 1 aliphatic carbocycles. The van der Waals surface area contributed by atoms with Crippen molar-refractivity contribution in [1.29, 1.82) is 0 Å². The quantitative estimate of drug-likeness (QED) is 0.859. The normalized spacial score (nSPS) is 20.9. The van der Waals surface area contributed by atoms with Gasteiger partial charge in [0.15, 0.2) is 0 Å². The van der Waals surface area contributed by atoms with Crippen LogP contribution < -0.4 is 10.2 Å². The van der Waals surface area contributed by atoms with Gasteiger partial charge in [0.25, 0.3) is 5.91 Å². The first kappa shape index (κ1) is 18.2. The molecule has 0 spiro atoms. The van der Waals surface area contributed by atoms with Gasteiger partial charge >= 0.3 is 0 Å². The highest BCUT2D eigenvalue weighted by molar-refractivity contribution is 5.95. The van der Waals surface area contributed by atoms with E-state index in [-0.39, 0.29) is 12.5 Å². The zero-order chi connectivity index (χ0) is 17.9. The molecule has 5 heteroatoms. The van der Waals surface area contributed by atoms with Gasteiger partial charge in [-0.3, -0.25) is 9.69 Å². The molecule has 1 aliphatic heterocycles. The van der Waals surface area contributed by atoms with E-state index in [1.54, 1.807) is 0 Å². The molecule has 2 fully saturated rings. The van der Waals surface area contributed by atoms with Gasteiger partial charge < -0.3 is 15.3 Å². The number of benzene rings is 1. The first-order chi connectivity index (χ1) is 12.0. The summed E-state index contributed by atoms with van der Waals surface area (Å²) in [5.41, 5.74) is 1.44. The highest BCUT2D eigenvalue weighted by atomic mass is 16.3. The fraction of sp³-hybridized carbons (Fsp3) is 0.650. The molecule has 1 saturated carbocycles. The van der Waals surface area contributed by atoms with E-state index >= 15 is 0 Å². The molecule has 1 aromatic rings. The number of rotatable bonds is 5. The Hall–Kier alpha value is -1.59. The van der Waals surface area contributed by atoms with Crippen molar-refractivity contribution in [3.8, 4) is 0 Å². The van der Waals surface area contributed by atoms with Crippen LogP contribution in [0.25, 0.3) is 0 Å². The Bertz CT molecular complexity index is 571. The standard InChI is InChI=1S/C20H31N3O2/c1-16(2)22-11-13-23(14-12-22)18-7-5-17(6-8-18)19(25)21-20(15-24)9-3-4-10-20/h5-8,16,24H,3-4,9-15H2,1-2H3,(H,21,25). The van der Waals surface area contributed by atoms with Crippen LogP contribution in [-0.4, -0.2) is 60.3 Å². The Morgan fingerprint density at radius 1 is 1.12 bits per heavy atom. The lowest BCUT2D eigenvalue weighted by Gasteiger charge is -2.38. The molecule has 1 aromatic carbocycles. The number of carbonyl (C=O) groups is 1. The molecule has 1 amide bonds. The Morgan fingerprint density at radius 3 is 2.24 bits per heavy atom. The Labute approximate surface area is 151 Å². The highest BCUT2D eigenvalue weighted by Crippen LogP contribution is 2.29. The SMILES string of the molecule is CC(C)N1CCN(c2ccc(C(=O)NC3(CO)CCCC3)cc2)CC1. The molecule has 0 aromatic heterocycles. The van der Waals surface area contributed by atoms with Crippen molar-refractivity contribution in [2.24, 2.45) is 0 Å². The van der Waals surface area contributed by atoms with Gasteiger partial charge in [0, 0.05) is 43.5 Å². The van der Waals surface area contributed by atoms with Crippen molar-refractivity contribution in [2.45, 2.75) is 51.1 Å². The van der Waals surface area contributed by atoms with Crippen molar-refractivity contribution in [1.82, 2.24) is 10.2 Å². The van der Waals surface area contributed by atoms with Gasteiger partial charge in [-0.1, -0.05) is 12.8 Å². The third-order valence-electron chi connectivity index (χ3n) is 5.78. The molecule has 0 unspecified atom stereocenters. The van der Waals surface area contributed by atoms with Gasteiger partial charge in [-0.2, -0.15) is 0 Å². The molecule has 3 rings (SSSR count). The topological polar surface area (TPSA) is 55.8 Å². The van der Waals surface area contributed by atoms with Gasteiger partial charge in [-0.15, -0.1) is 0 Å². The van der Waals surface area contributed by atoms with E-state index in [1.807, 2.05) is 24.3 Å². The van der Waals surface area contributed by atoms with E-state index in [4.69, 9.17) is 0 Å². The Balaban J connectivity index is 1.59. The second-order valence-corrected chi connectivity index (χ2v) is 7.76. The van der Waals surface area contributed by atoms with Crippen LogP contribution in [0.4, 0.5) is 5.69 Å². The van der Waals surface area contributed by atoms with Crippen LogP contribution in [0.1, 0.15) is 49.9 Å². The van der Waals surface area contributed by atoms with E-state index in [0.717, 1.165) is 51.9 Å². The Kier molecular flexibility index (Phi) is 5.64. The third kappa shape index (κ3) is 4.15. The summed E-state index contributed by atoms with van der Waals surface area (Å²) in [6.45, 7) is 8.72. The van der Waals surface area contributed by atoms with Crippen molar-refractivity contribution >= 4 is 11.6 Å². The summed E-state index contributed by atoms with van der Waals surface area (Å²) < 4.78 is 0. The minimum Gasteiger partial charge on any atom is -0.394 e. The summed E-state index contributed by atoms with van der Waals surface area (Å²) in [5.74, 6) is -0.0767. The number of hydrogen-bond donors (Lipinski definition) is 2. The molecule has 0 atom stereocenters. The van der Waals surface area contributed by atoms with Crippen LogP contribution in [0.3, 0.4) is 0 Å². The van der Waals surface area contributed by atoms with Crippen molar-refractivity contribution in [3.63, 3.8) is 0 Å². The number of anilines is 1. The largest absolute Gasteiger partial charge is 0.394 e. The second kappa shape index (κ2) is 7.75. The fourth-order valence-corrected chi connectivity index (χ4v) is 4.01. The lowest BCUT2D eigenvalue weighted by Crippen LogP contribution is -2.49. The van der Waals surface area contributed by atoms with E-state index in [0.29, 0.717) is 11.6 Å². The van der Waals surface area contributed by atoms with Crippen molar-refractivity contribution in [3.05, 3.63) is 29.8 Å². The maximum absolute atomic E-state index is 12.5. The molecular weight excluding hydrogens is 314 g/mol. The molecule has 1 saturated heterocycles. The zero-order valence-corrected chi connectivity index (χ0v) is 15.5. The van der Waals surface area contributed by atoms with Gasteiger partial charge in [0.1, 0.15) is 0 Å². The highest BCUT2D eigenvalue weighted by Gasteiger charge is 2.34. The number of hydrogen-bond acceptors (Lipinski definition) is 4. The fourth-order valence-electron chi connectivity index (χ4n) is 4.01. The van der Waals surface area contributed by atoms with Crippen LogP contribution in [0.15, 0.2) is 24.3 Å². The van der Waals surface area contributed by atoms with Gasteiger partial charge in [0.05, 0.1) is 12.1 Å². The average Bonchev–Trinajstić information content (AvgIpc) is 3.11. The molecule has 138 valence electrons. The summed E-state index contributed by atoms with van der Waals surface area (Å²) in [5, 5.41) is 12.7. The number of nitrogens with zero attached hydrogens (tertiary/aromatic N) is 2. The summed E-state index contributed by atoms with van der Waals surface area (Å²) in [6, 6.07) is 8.49. The van der Waals surface area contributed by atoms with Crippen molar-refractivity contribution < 1.29 is 9.90 Å². The number of carbonyl (C=O) groups excluding carboxylic acids is 1. The van der Waals surface area contributed by atoms with Crippen LogP contribution in [-0.2, 0) is 0 Å². The predicted molar refractivity (Wildman–Crippen MR) is 101 cm³/mol. The van der Waals surface area contributed by atoms with Crippen LogP contribution in [0, 0.1) is 0 Å². The summed E-state index contributed by atoms with van der Waals surface area (Å²) in [4.78, 5) is 17.4. The van der Waals surface area contributed by atoms with Gasteiger partial charge in [0.2, 0.25) is 0 Å². The molecule has 0 bridgehead atoms. The summed E-state index contributed by atoms with van der Waals surface area (Å²) >= 11 is 0. The van der Waals surface area contributed by atoms with Gasteiger partial charge in [-0.25, -0.2) is 0 Å². The third-order valence-corrected chi connectivity index (χ3v) is 5.78. The summed E-state index contributed by atoms with van der Waals surface area (Å²) in [7, 11) is 0. The van der Waals surface area contributed by atoms with Crippen molar-refractivity contribution in [2.75, 3.05) is 37.7 Å².